The van der Waals surface area contributed by atoms with Gasteiger partial charge in [0.25, 0.3) is 0 Å². The molecule has 1 aliphatic heterocycles. The van der Waals surface area contributed by atoms with E-state index in [2.05, 4.69) is 34.1 Å². The molecule has 2 aromatic rings. The van der Waals surface area contributed by atoms with Gasteiger partial charge in [0.15, 0.2) is 0 Å². The number of aromatic carboxylic acids is 1. The lowest BCUT2D eigenvalue weighted by Gasteiger charge is -2.31. The number of rotatable bonds is 3. The van der Waals surface area contributed by atoms with E-state index < -0.39 is 5.97 Å². The zero-order valence-corrected chi connectivity index (χ0v) is 11.1. The standard InChI is InChI=1S/C16H16N2O2/c19-16(20)14-8-7-12(10-17-14)11-18-9-3-5-13-4-1-2-6-15(13)18/h1-2,4,6-8,10H,3,5,9,11H2,(H,19,20). The van der Waals surface area contributed by atoms with Gasteiger partial charge in [-0.1, -0.05) is 24.3 Å². The number of fused-ring (bicyclic) bond motifs is 1. The first-order chi connectivity index (χ1) is 9.74. The van der Waals surface area contributed by atoms with Crippen molar-refractivity contribution >= 4 is 11.7 Å². The molecule has 3 rings (SSSR count). The normalized spacial score (nSPS) is 13.9. The molecule has 1 aliphatic rings. The number of anilines is 1. The molecule has 1 aromatic carbocycles. The van der Waals surface area contributed by atoms with Gasteiger partial charge in [0.05, 0.1) is 0 Å². The number of carboxylic acid groups (broad SMARTS) is 1. The summed E-state index contributed by atoms with van der Waals surface area (Å²) in [5, 5.41) is 8.85. The predicted octanol–water partition coefficient (Wildman–Crippen LogP) is 2.73. The largest absolute Gasteiger partial charge is 0.477 e. The smallest absolute Gasteiger partial charge is 0.354 e. The molecule has 0 saturated carbocycles. The number of benzene rings is 1. The van der Waals surface area contributed by atoms with Crippen LogP contribution in [0.3, 0.4) is 0 Å². The SMILES string of the molecule is O=C(O)c1ccc(CN2CCCc3ccccc32)cn1. The Morgan fingerprint density at radius 1 is 1.25 bits per heavy atom. The Morgan fingerprint density at radius 3 is 2.85 bits per heavy atom. The topological polar surface area (TPSA) is 53.4 Å². The van der Waals surface area contributed by atoms with Crippen LogP contribution in [0.15, 0.2) is 42.6 Å². The second-order valence-corrected chi connectivity index (χ2v) is 5.01. The molecule has 0 aliphatic carbocycles. The van der Waals surface area contributed by atoms with Gasteiger partial charge in [-0.25, -0.2) is 9.78 Å². The lowest BCUT2D eigenvalue weighted by Crippen LogP contribution is -2.28. The second-order valence-electron chi connectivity index (χ2n) is 5.01. The monoisotopic (exact) mass is 268 g/mol. The van der Waals surface area contributed by atoms with Gasteiger partial charge in [-0.15, -0.1) is 0 Å². The molecule has 0 radical (unpaired) electrons. The lowest BCUT2D eigenvalue weighted by atomic mass is 10.0. The van der Waals surface area contributed by atoms with Crippen LogP contribution in [0.5, 0.6) is 0 Å². The van der Waals surface area contributed by atoms with E-state index in [9.17, 15) is 4.79 Å². The molecule has 0 amide bonds. The zero-order valence-electron chi connectivity index (χ0n) is 11.1. The summed E-state index contributed by atoms with van der Waals surface area (Å²) in [6, 6.07) is 11.9. The molecule has 1 N–H and O–H groups in total. The summed E-state index contributed by atoms with van der Waals surface area (Å²) in [6.07, 6.45) is 3.93. The minimum Gasteiger partial charge on any atom is -0.477 e. The summed E-state index contributed by atoms with van der Waals surface area (Å²) < 4.78 is 0. The minimum absolute atomic E-state index is 0.0906. The highest BCUT2D eigenvalue weighted by atomic mass is 16.4. The Kier molecular flexibility index (Phi) is 3.37. The van der Waals surface area contributed by atoms with E-state index in [1.807, 2.05) is 6.07 Å². The highest BCUT2D eigenvalue weighted by Gasteiger charge is 2.16. The maximum Gasteiger partial charge on any atom is 0.354 e. The van der Waals surface area contributed by atoms with E-state index in [4.69, 9.17) is 5.11 Å². The van der Waals surface area contributed by atoms with E-state index in [1.165, 1.54) is 11.3 Å². The number of carboxylic acids is 1. The number of carbonyl (C=O) groups is 1. The molecular formula is C16H16N2O2. The van der Waals surface area contributed by atoms with Crippen LogP contribution < -0.4 is 4.90 Å². The van der Waals surface area contributed by atoms with Crippen LogP contribution in [-0.4, -0.2) is 22.6 Å². The third-order valence-corrected chi connectivity index (χ3v) is 3.62. The first-order valence-electron chi connectivity index (χ1n) is 6.75. The van der Waals surface area contributed by atoms with Crippen molar-refractivity contribution in [3.05, 3.63) is 59.4 Å². The number of hydrogen-bond acceptors (Lipinski definition) is 3. The molecule has 0 fully saturated rings. The van der Waals surface area contributed by atoms with Crippen LogP contribution in [0.25, 0.3) is 0 Å². The van der Waals surface area contributed by atoms with Crippen molar-refractivity contribution in [2.45, 2.75) is 19.4 Å². The highest BCUT2D eigenvalue weighted by molar-refractivity contribution is 5.85. The molecule has 4 nitrogen and oxygen atoms in total. The van der Waals surface area contributed by atoms with E-state index in [0.717, 1.165) is 31.5 Å². The van der Waals surface area contributed by atoms with Crippen molar-refractivity contribution < 1.29 is 9.90 Å². The highest BCUT2D eigenvalue weighted by Crippen LogP contribution is 2.27. The van der Waals surface area contributed by atoms with E-state index in [-0.39, 0.29) is 5.69 Å². The van der Waals surface area contributed by atoms with Crippen LogP contribution in [0.1, 0.15) is 28.0 Å². The van der Waals surface area contributed by atoms with Gasteiger partial charge >= 0.3 is 5.97 Å². The van der Waals surface area contributed by atoms with E-state index >= 15 is 0 Å². The van der Waals surface area contributed by atoms with Gasteiger partial charge in [0.1, 0.15) is 5.69 Å². The Morgan fingerprint density at radius 2 is 2.10 bits per heavy atom. The first-order valence-corrected chi connectivity index (χ1v) is 6.75. The van der Waals surface area contributed by atoms with Crippen LogP contribution in [0.4, 0.5) is 5.69 Å². The van der Waals surface area contributed by atoms with Crippen molar-refractivity contribution in [2.24, 2.45) is 0 Å². The van der Waals surface area contributed by atoms with Gasteiger partial charge in [0, 0.05) is 25.0 Å². The van der Waals surface area contributed by atoms with Crippen LogP contribution in [-0.2, 0) is 13.0 Å². The molecule has 0 atom stereocenters. The summed E-state index contributed by atoms with van der Waals surface area (Å²) in [5.74, 6) is -0.986. The summed E-state index contributed by atoms with van der Waals surface area (Å²) in [7, 11) is 0. The summed E-state index contributed by atoms with van der Waals surface area (Å²) in [4.78, 5) is 17.1. The number of nitrogens with zero attached hydrogens (tertiary/aromatic N) is 2. The number of aryl methyl sites for hydroxylation is 1. The average molecular weight is 268 g/mol. The van der Waals surface area contributed by atoms with Crippen molar-refractivity contribution in [1.29, 1.82) is 0 Å². The number of para-hydroxylation sites is 1. The molecule has 2 heterocycles. The quantitative estimate of drug-likeness (QED) is 0.930. The number of pyridine rings is 1. The maximum atomic E-state index is 10.8. The van der Waals surface area contributed by atoms with Crippen LogP contribution in [0, 0.1) is 0 Å². The average Bonchev–Trinajstić information content (AvgIpc) is 2.48. The second kappa shape index (κ2) is 5.33. The van der Waals surface area contributed by atoms with Crippen LogP contribution >= 0.6 is 0 Å². The molecule has 0 saturated heterocycles. The van der Waals surface area contributed by atoms with Crippen molar-refractivity contribution in [2.75, 3.05) is 11.4 Å². The molecule has 102 valence electrons. The molecule has 20 heavy (non-hydrogen) atoms. The lowest BCUT2D eigenvalue weighted by molar-refractivity contribution is 0.0690. The Balaban J connectivity index is 1.80. The van der Waals surface area contributed by atoms with Crippen molar-refractivity contribution in [3.8, 4) is 0 Å². The van der Waals surface area contributed by atoms with E-state index in [0.29, 0.717) is 0 Å². The molecule has 0 bridgehead atoms. The van der Waals surface area contributed by atoms with Gasteiger partial charge in [-0.3, -0.25) is 0 Å². The molecule has 0 unspecified atom stereocenters. The fraction of sp³-hybridized carbons (Fsp3) is 0.250. The molecule has 1 aromatic heterocycles. The minimum atomic E-state index is -0.986. The maximum absolute atomic E-state index is 10.8. The Hall–Kier alpha value is -2.36. The Labute approximate surface area is 117 Å². The van der Waals surface area contributed by atoms with Crippen molar-refractivity contribution in [3.63, 3.8) is 0 Å². The van der Waals surface area contributed by atoms with Gasteiger partial charge in [-0.05, 0) is 36.1 Å². The predicted molar refractivity (Wildman–Crippen MR) is 77.0 cm³/mol. The number of hydrogen-bond donors (Lipinski definition) is 1. The van der Waals surface area contributed by atoms with Crippen molar-refractivity contribution in [1.82, 2.24) is 4.98 Å². The third-order valence-electron chi connectivity index (χ3n) is 3.62. The van der Waals surface area contributed by atoms with Gasteiger partial charge in [-0.2, -0.15) is 0 Å². The van der Waals surface area contributed by atoms with E-state index in [1.54, 1.807) is 12.3 Å². The zero-order chi connectivity index (χ0) is 13.9. The summed E-state index contributed by atoms with van der Waals surface area (Å²) in [6.45, 7) is 1.79. The fourth-order valence-electron chi connectivity index (χ4n) is 2.64. The molecular weight excluding hydrogens is 252 g/mol. The third kappa shape index (κ3) is 2.50. The van der Waals surface area contributed by atoms with Gasteiger partial charge < -0.3 is 10.0 Å². The first kappa shape index (κ1) is 12.7. The fourth-order valence-corrected chi connectivity index (χ4v) is 2.64. The molecule has 0 spiro atoms. The molecule has 4 heteroatoms. The van der Waals surface area contributed by atoms with Crippen LogP contribution in [0.2, 0.25) is 0 Å². The van der Waals surface area contributed by atoms with Gasteiger partial charge in [0.2, 0.25) is 0 Å². The number of aromatic nitrogens is 1. The summed E-state index contributed by atoms with van der Waals surface area (Å²) in [5.41, 5.74) is 3.79. The Bertz CT molecular complexity index is 623. The summed E-state index contributed by atoms with van der Waals surface area (Å²) >= 11 is 0.